The van der Waals surface area contributed by atoms with E-state index in [1.54, 1.807) is 6.08 Å². The van der Waals surface area contributed by atoms with Gasteiger partial charge in [-0.3, -0.25) is 4.79 Å². The van der Waals surface area contributed by atoms with Gasteiger partial charge in [-0.15, -0.1) is 0 Å². The number of aliphatic hydroxyl groups is 11. The molecule has 3 fully saturated rings. The number of unbranched alkanes of at least 4 members (excludes halogenated alkanes) is 51. The first-order chi connectivity index (χ1) is 54.3. The van der Waals surface area contributed by atoms with Crippen LogP contribution in [0.2, 0.25) is 0 Å². The Kier molecular flexibility index (Phi) is 66.2. The highest BCUT2D eigenvalue weighted by Crippen LogP contribution is 2.34. The van der Waals surface area contributed by atoms with Crippen LogP contribution in [0.4, 0.5) is 0 Å². The fraction of sp³-hybridized carbons (Fsp3) is 0.880. The smallest absolute Gasteiger partial charge is 0.220 e. The molecule has 111 heavy (non-hydrogen) atoms. The lowest BCUT2D eigenvalue weighted by atomic mass is 9.96. The molecule has 19 nitrogen and oxygen atoms in total. The first-order valence-electron chi connectivity index (χ1n) is 46.0. The second-order valence-electron chi connectivity index (χ2n) is 32.7. The number of rotatable bonds is 75. The van der Waals surface area contributed by atoms with E-state index in [-0.39, 0.29) is 18.9 Å². The molecule has 650 valence electrons. The van der Waals surface area contributed by atoms with Crippen LogP contribution in [-0.4, -0.2) is 193 Å². The minimum Gasteiger partial charge on any atom is -0.394 e. The van der Waals surface area contributed by atoms with Crippen molar-refractivity contribution in [1.82, 2.24) is 5.32 Å². The van der Waals surface area contributed by atoms with Gasteiger partial charge in [0.1, 0.15) is 73.2 Å². The van der Waals surface area contributed by atoms with Crippen LogP contribution in [0.3, 0.4) is 0 Å². The van der Waals surface area contributed by atoms with E-state index in [0.29, 0.717) is 12.8 Å². The number of carbonyl (C=O) groups is 1. The zero-order valence-corrected chi connectivity index (χ0v) is 70.2. The molecule has 12 N–H and O–H groups in total. The van der Waals surface area contributed by atoms with Crippen LogP contribution in [0, 0.1) is 0 Å². The Morgan fingerprint density at radius 3 is 0.955 bits per heavy atom. The fourth-order valence-corrected chi connectivity index (χ4v) is 15.4. The standard InChI is InChI=1S/C92H169NO18/c1-3-5-7-9-11-13-15-17-19-21-23-25-27-29-31-32-33-34-35-36-37-38-39-40-41-42-44-46-48-50-52-54-56-58-60-62-64-66-68-70-80(98)93-75(76(97)69-67-65-63-61-59-57-55-53-51-49-47-45-43-30-28-26-24-22-20-18-16-14-12-10-8-6-4-2)74-106-90-86(104)83(101)88(78(72-95)108-90)111-92-87(105)84(102)89(79(73-96)109-92)110-91-85(103)82(100)81(99)77(71-94)107-91/h15,17,21,23,51,53,59,61,67,69,75-79,81-92,94-97,99-105H,3-14,16,18-20,22,24-50,52,54-58,60,62-66,68,70-74H2,1-2H3,(H,93,98)/b17-15-,23-21-,53-51+,61-59+,69-67+. The summed E-state index contributed by atoms with van der Waals surface area (Å²) in [5.74, 6) is -0.283. The van der Waals surface area contributed by atoms with Gasteiger partial charge >= 0.3 is 0 Å². The van der Waals surface area contributed by atoms with Crippen molar-refractivity contribution in [2.24, 2.45) is 0 Å². The van der Waals surface area contributed by atoms with Crippen molar-refractivity contribution in [3.05, 3.63) is 60.8 Å². The second kappa shape index (κ2) is 71.6. The normalized spacial score (nSPS) is 25.3. The van der Waals surface area contributed by atoms with Crippen molar-refractivity contribution in [2.45, 2.75) is 491 Å². The van der Waals surface area contributed by atoms with Crippen LogP contribution < -0.4 is 5.32 Å². The van der Waals surface area contributed by atoms with Crippen molar-refractivity contribution in [1.29, 1.82) is 0 Å². The maximum Gasteiger partial charge on any atom is 0.220 e. The van der Waals surface area contributed by atoms with Gasteiger partial charge in [0.15, 0.2) is 18.9 Å². The molecule has 3 aliphatic heterocycles. The van der Waals surface area contributed by atoms with E-state index in [9.17, 15) is 61.0 Å². The summed E-state index contributed by atoms with van der Waals surface area (Å²) >= 11 is 0. The molecule has 0 spiro atoms. The molecule has 3 saturated heterocycles. The van der Waals surface area contributed by atoms with Crippen molar-refractivity contribution < 1.29 is 89.4 Å². The van der Waals surface area contributed by atoms with Crippen molar-refractivity contribution in [2.75, 3.05) is 26.4 Å². The molecule has 19 heteroatoms. The fourth-order valence-electron chi connectivity index (χ4n) is 15.4. The Balaban J connectivity index is 1.31. The summed E-state index contributed by atoms with van der Waals surface area (Å²) in [5.41, 5.74) is 0. The number of allylic oxidation sites excluding steroid dienone is 9. The molecule has 0 aromatic rings. The van der Waals surface area contributed by atoms with Gasteiger partial charge in [0, 0.05) is 6.42 Å². The summed E-state index contributed by atoms with van der Waals surface area (Å²) < 4.78 is 34.5. The third-order valence-electron chi connectivity index (χ3n) is 22.8. The minimum absolute atomic E-state index is 0.235. The number of ether oxygens (including phenoxy) is 6. The minimum atomic E-state index is -1.98. The van der Waals surface area contributed by atoms with E-state index in [1.807, 2.05) is 6.08 Å². The number of nitrogens with one attached hydrogen (secondary N) is 1. The topological polar surface area (TPSA) is 307 Å². The highest BCUT2D eigenvalue weighted by Gasteiger charge is 2.54. The Morgan fingerprint density at radius 1 is 0.324 bits per heavy atom. The lowest BCUT2D eigenvalue weighted by Gasteiger charge is -2.48. The predicted octanol–water partition coefficient (Wildman–Crippen LogP) is 17.7. The van der Waals surface area contributed by atoms with E-state index in [4.69, 9.17) is 28.4 Å². The van der Waals surface area contributed by atoms with E-state index in [2.05, 4.69) is 67.8 Å². The average molecular weight is 1580 g/mol. The molecular formula is C92H169NO18. The maximum atomic E-state index is 13.5. The molecule has 1 amide bonds. The number of hydrogen-bond donors (Lipinski definition) is 12. The van der Waals surface area contributed by atoms with Crippen molar-refractivity contribution >= 4 is 5.91 Å². The highest BCUT2D eigenvalue weighted by atomic mass is 16.8. The maximum absolute atomic E-state index is 13.5. The van der Waals surface area contributed by atoms with Crippen molar-refractivity contribution in [3.8, 4) is 0 Å². The van der Waals surface area contributed by atoms with Crippen LogP contribution in [0.1, 0.15) is 386 Å². The number of amides is 1. The molecule has 0 aromatic heterocycles. The monoisotopic (exact) mass is 1580 g/mol. The summed E-state index contributed by atoms with van der Waals surface area (Å²) in [6.07, 6.45) is 68.2. The van der Waals surface area contributed by atoms with Crippen LogP contribution >= 0.6 is 0 Å². The van der Waals surface area contributed by atoms with Crippen LogP contribution in [0.5, 0.6) is 0 Å². The van der Waals surface area contributed by atoms with Crippen LogP contribution in [0.15, 0.2) is 60.8 Å². The predicted molar refractivity (Wildman–Crippen MR) is 448 cm³/mol. The van der Waals surface area contributed by atoms with Crippen LogP contribution in [-0.2, 0) is 33.2 Å². The van der Waals surface area contributed by atoms with E-state index in [1.165, 1.54) is 302 Å². The molecule has 17 unspecified atom stereocenters. The van der Waals surface area contributed by atoms with Gasteiger partial charge in [-0.05, 0) is 77.0 Å². The molecule has 17 atom stereocenters. The number of carbonyl (C=O) groups excluding carboxylic acids is 1. The summed E-state index contributed by atoms with van der Waals surface area (Å²) in [5, 5.41) is 121. The highest BCUT2D eigenvalue weighted by molar-refractivity contribution is 5.76. The Labute approximate surface area is 675 Å². The average Bonchev–Trinajstić information content (AvgIpc) is 0.780. The third-order valence-corrected chi connectivity index (χ3v) is 22.8. The SMILES string of the molecule is CCCCCCC/C=C\C/C=C\CCCCCCCCCCCCCCCCCCCCCCCCCCCCCC(=O)NC(COC1OC(CO)C(OC2OC(CO)C(OC3OC(CO)C(O)C(O)C3O)C(O)C2O)C(O)C1O)C(O)/C=C/CC/C=C/CC/C=C/CCCCCCCCCCCCCCCCCCC. The summed E-state index contributed by atoms with van der Waals surface area (Å²) in [4.78, 5) is 13.5. The summed E-state index contributed by atoms with van der Waals surface area (Å²) in [7, 11) is 0. The van der Waals surface area contributed by atoms with E-state index >= 15 is 0 Å². The van der Waals surface area contributed by atoms with Gasteiger partial charge in [-0.25, -0.2) is 0 Å². The zero-order valence-electron chi connectivity index (χ0n) is 70.2. The lowest BCUT2D eigenvalue weighted by molar-refractivity contribution is -0.379. The van der Waals surface area contributed by atoms with Gasteiger partial charge in [0.05, 0.1) is 38.6 Å². The summed E-state index contributed by atoms with van der Waals surface area (Å²) in [6.45, 7) is 1.76. The Morgan fingerprint density at radius 2 is 0.604 bits per heavy atom. The number of hydrogen-bond acceptors (Lipinski definition) is 18. The molecule has 0 bridgehead atoms. The quantitative estimate of drug-likeness (QED) is 0.0199. The van der Waals surface area contributed by atoms with Gasteiger partial charge in [-0.2, -0.15) is 0 Å². The Bertz CT molecular complexity index is 2230. The molecule has 0 aliphatic carbocycles. The molecular weight excluding hydrogens is 1410 g/mol. The molecule has 0 aromatic carbocycles. The molecule has 0 saturated carbocycles. The largest absolute Gasteiger partial charge is 0.394 e. The van der Waals surface area contributed by atoms with E-state index < -0.39 is 124 Å². The molecule has 0 radical (unpaired) electrons. The second-order valence-corrected chi connectivity index (χ2v) is 32.7. The number of aliphatic hydroxyl groups excluding tert-OH is 11. The first kappa shape index (κ1) is 103. The zero-order chi connectivity index (χ0) is 80.3. The molecule has 3 rings (SSSR count). The van der Waals surface area contributed by atoms with Gasteiger partial charge in [0.2, 0.25) is 5.91 Å². The van der Waals surface area contributed by atoms with Crippen LogP contribution in [0.25, 0.3) is 0 Å². The summed E-state index contributed by atoms with van der Waals surface area (Å²) in [6, 6.07) is -0.999. The van der Waals surface area contributed by atoms with Gasteiger partial charge in [-0.1, -0.05) is 364 Å². The Hall–Kier alpha value is -2.51. The molecule has 3 aliphatic rings. The first-order valence-corrected chi connectivity index (χ1v) is 46.0. The van der Waals surface area contributed by atoms with E-state index in [0.717, 1.165) is 51.4 Å². The third kappa shape index (κ3) is 50.1. The van der Waals surface area contributed by atoms with Crippen molar-refractivity contribution in [3.63, 3.8) is 0 Å². The van der Waals surface area contributed by atoms with Gasteiger partial charge in [0.25, 0.3) is 0 Å². The lowest BCUT2D eigenvalue weighted by Crippen LogP contribution is -2.66. The van der Waals surface area contributed by atoms with Gasteiger partial charge < -0.3 is 89.9 Å². The molecule has 3 heterocycles.